The summed E-state index contributed by atoms with van der Waals surface area (Å²) in [5, 5.41) is 0. The third kappa shape index (κ3) is 3.67. The number of likely N-dealkylation sites (tertiary alicyclic amines) is 1. The highest BCUT2D eigenvalue weighted by atomic mass is 16.2. The fourth-order valence-electron chi connectivity index (χ4n) is 2.52. The molecule has 104 valence electrons. The molecule has 2 N–H and O–H groups in total. The zero-order chi connectivity index (χ0) is 13.8. The number of carbonyl (C=O) groups excluding carboxylic acids is 1. The molecule has 1 fully saturated rings. The minimum atomic E-state index is 0.0213. The lowest BCUT2D eigenvalue weighted by molar-refractivity contribution is 0.0747. The van der Waals surface area contributed by atoms with Gasteiger partial charge in [-0.1, -0.05) is 0 Å². The molecule has 5 heteroatoms. The first kappa shape index (κ1) is 13.8. The first-order valence-corrected chi connectivity index (χ1v) is 6.72. The van der Waals surface area contributed by atoms with Gasteiger partial charge < -0.3 is 15.5 Å². The summed E-state index contributed by atoms with van der Waals surface area (Å²) < 4.78 is 0. The average molecular weight is 262 g/mol. The van der Waals surface area contributed by atoms with E-state index in [0.717, 1.165) is 32.5 Å². The monoisotopic (exact) mass is 262 g/mol. The molecule has 1 saturated heterocycles. The molecule has 2 heterocycles. The summed E-state index contributed by atoms with van der Waals surface area (Å²) in [6, 6.07) is 3.34. The molecule has 0 radical (unpaired) electrons. The summed E-state index contributed by atoms with van der Waals surface area (Å²) >= 11 is 0. The second-order valence-electron chi connectivity index (χ2n) is 5.40. The minimum Gasteiger partial charge on any atom is -0.384 e. The van der Waals surface area contributed by atoms with Gasteiger partial charge in [-0.3, -0.25) is 4.79 Å². The molecule has 0 aromatic carbocycles. The van der Waals surface area contributed by atoms with Crippen molar-refractivity contribution in [3.05, 3.63) is 23.9 Å². The number of aromatic nitrogens is 1. The summed E-state index contributed by atoms with van der Waals surface area (Å²) in [5.41, 5.74) is 6.22. The standard InChI is InChI=1S/C14H22N4O/c1-17-7-4-11(5-8-17)10-18(2)14(19)12-3-6-16-13(15)9-12/h3,6,9,11H,4-5,7-8,10H2,1-2H3,(H2,15,16). The SMILES string of the molecule is CN1CCC(CN(C)C(=O)c2ccnc(N)c2)CC1. The van der Waals surface area contributed by atoms with E-state index in [9.17, 15) is 4.79 Å². The molecule has 19 heavy (non-hydrogen) atoms. The van der Waals surface area contributed by atoms with E-state index in [1.54, 1.807) is 23.2 Å². The molecule has 0 aliphatic carbocycles. The molecule has 1 amide bonds. The van der Waals surface area contributed by atoms with Gasteiger partial charge >= 0.3 is 0 Å². The second-order valence-corrected chi connectivity index (χ2v) is 5.40. The van der Waals surface area contributed by atoms with Gasteiger partial charge in [0.05, 0.1) is 0 Å². The van der Waals surface area contributed by atoms with E-state index in [-0.39, 0.29) is 5.91 Å². The number of nitrogens with zero attached hydrogens (tertiary/aromatic N) is 3. The Bertz CT molecular complexity index is 441. The van der Waals surface area contributed by atoms with E-state index in [1.807, 2.05) is 7.05 Å². The lowest BCUT2D eigenvalue weighted by atomic mass is 9.96. The molecule has 0 atom stereocenters. The van der Waals surface area contributed by atoms with Crippen LogP contribution in [0.25, 0.3) is 0 Å². The van der Waals surface area contributed by atoms with E-state index in [2.05, 4.69) is 16.9 Å². The average Bonchev–Trinajstić information content (AvgIpc) is 2.40. The third-order valence-corrected chi connectivity index (χ3v) is 3.74. The van der Waals surface area contributed by atoms with Crippen LogP contribution in [-0.4, -0.2) is 54.4 Å². The summed E-state index contributed by atoms with van der Waals surface area (Å²) in [4.78, 5) is 20.3. The van der Waals surface area contributed by atoms with Crippen molar-refractivity contribution in [3.63, 3.8) is 0 Å². The Balaban J connectivity index is 1.92. The molecule has 1 aromatic rings. The largest absolute Gasteiger partial charge is 0.384 e. The molecule has 1 aromatic heterocycles. The molecule has 0 bridgehead atoms. The van der Waals surface area contributed by atoms with Crippen molar-refractivity contribution in [2.75, 3.05) is 39.5 Å². The maximum absolute atomic E-state index is 12.3. The van der Waals surface area contributed by atoms with Gasteiger partial charge in [0.1, 0.15) is 5.82 Å². The van der Waals surface area contributed by atoms with Gasteiger partial charge in [-0.2, -0.15) is 0 Å². The van der Waals surface area contributed by atoms with Crippen molar-refractivity contribution in [1.29, 1.82) is 0 Å². The number of nitrogen functional groups attached to an aromatic ring is 1. The van der Waals surface area contributed by atoms with Crippen LogP contribution in [0.1, 0.15) is 23.2 Å². The van der Waals surface area contributed by atoms with E-state index in [1.165, 1.54) is 0 Å². The first-order chi connectivity index (χ1) is 9.06. The van der Waals surface area contributed by atoms with Crippen molar-refractivity contribution in [1.82, 2.24) is 14.8 Å². The normalized spacial score (nSPS) is 17.4. The highest BCUT2D eigenvalue weighted by Crippen LogP contribution is 2.17. The quantitative estimate of drug-likeness (QED) is 0.885. The maximum Gasteiger partial charge on any atom is 0.253 e. The fraction of sp³-hybridized carbons (Fsp3) is 0.571. The van der Waals surface area contributed by atoms with Crippen molar-refractivity contribution >= 4 is 11.7 Å². The zero-order valence-corrected chi connectivity index (χ0v) is 11.7. The van der Waals surface area contributed by atoms with Gasteiger partial charge in [0.2, 0.25) is 0 Å². The Kier molecular flexibility index (Phi) is 4.37. The third-order valence-electron chi connectivity index (χ3n) is 3.74. The Morgan fingerprint density at radius 3 is 2.84 bits per heavy atom. The molecule has 5 nitrogen and oxygen atoms in total. The molecule has 0 spiro atoms. The number of carbonyl (C=O) groups is 1. The predicted octanol–water partition coefficient (Wildman–Crippen LogP) is 1.08. The van der Waals surface area contributed by atoms with Crippen LogP contribution in [0.4, 0.5) is 5.82 Å². The van der Waals surface area contributed by atoms with Crippen LogP contribution >= 0.6 is 0 Å². The van der Waals surface area contributed by atoms with Crippen molar-refractivity contribution in [2.45, 2.75) is 12.8 Å². The summed E-state index contributed by atoms with van der Waals surface area (Å²) in [7, 11) is 4.00. The Morgan fingerprint density at radius 1 is 1.53 bits per heavy atom. The first-order valence-electron chi connectivity index (χ1n) is 6.72. The molecule has 1 aliphatic rings. The highest BCUT2D eigenvalue weighted by molar-refractivity contribution is 5.94. The fourth-order valence-corrected chi connectivity index (χ4v) is 2.52. The molecule has 1 aliphatic heterocycles. The second kappa shape index (κ2) is 6.02. The van der Waals surface area contributed by atoms with Crippen molar-refractivity contribution < 1.29 is 4.79 Å². The number of hydrogen-bond donors (Lipinski definition) is 1. The van der Waals surface area contributed by atoms with E-state index >= 15 is 0 Å². The Morgan fingerprint density at radius 2 is 2.21 bits per heavy atom. The molecule has 0 saturated carbocycles. The highest BCUT2D eigenvalue weighted by Gasteiger charge is 2.21. The number of rotatable bonds is 3. The Labute approximate surface area is 114 Å². The van der Waals surface area contributed by atoms with Crippen LogP contribution in [0.15, 0.2) is 18.3 Å². The zero-order valence-electron chi connectivity index (χ0n) is 11.7. The summed E-state index contributed by atoms with van der Waals surface area (Å²) in [6.07, 6.45) is 3.89. The number of hydrogen-bond acceptors (Lipinski definition) is 4. The van der Waals surface area contributed by atoms with Crippen LogP contribution in [0.2, 0.25) is 0 Å². The minimum absolute atomic E-state index is 0.0213. The number of pyridine rings is 1. The number of nitrogens with two attached hydrogens (primary N) is 1. The number of anilines is 1. The molecular formula is C14H22N4O. The van der Waals surface area contributed by atoms with Crippen LogP contribution in [0.3, 0.4) is 0 Å². The van der Waals surface area contributed by atoms with Crippen molar-refractivity contribution in [3.8, 4) is 0 Å². The molecule has 2 rings (SSSR count). The lowest BCUT2D eigenvalue weighted by Crippen LogP contribution is -2.38. The van der Waals surface area contributed by atoms with Gasteiger partial charge in [0.15, 0.2) is 0 Å². The summed E-state index contributed by atoms with van der Waals surface area (Å²) in [5.74, 6) is 1.01. The van der Waals surface area contributed by atoms with E-state index < -0.39 is 0 Å². The van der Waals surface area contributed by atoms with Gasteiger partial charge in [-0.05, 0) is 51.0 Å². The Hall–Kier alpha value is -1.62. The predicted molar refractivity (Wildman–Crippen MR) is 75.8 cm³/mol. The maximum atomic E-state index is 12.3. The van der Waals surface area contributed by atoms with Crippen LogP contribution in [0.5, 0.6) is 0 Å². The molecule has 0 unspecified atom stereocenters. The van der Waals surface area contributed by atoms with Gasteiger partial charge in [0, 0.05) is 25.4 Å². The van der Waals surface area contributed by atoms with E-state index in [0.29, 0.717) is 17.3 Å². The number of amides is 1. The van der Waals surface area contributed by atoms with E-state index in [4.69, 9.17) is 5.73 Å². The summed E-state index contributed by atoms with van der Waals surface area (Å²) in [6.45, 7) is 3.05. The van der Waals surface area contributed by atoms with Crippen LogP contribution < -0.4 is 5.73 Å². The topological polar surface area (TPSA) is 62.5 Å². The van der Waals surface area contributed by atoms with Crippen LogP contribution in [0, 0.1) is 5.92 Å². The smallest absolute Gasteiger partial charge is 0.253 e. The van der Waals surface area contributed by atoms with Gasteiger partial charge in [-0.15, -0.1) is 0 Å². The van der Waals surface area contributed by atoms with Gasteiger partial charge in [0.25, 0.3) is 5.91 Å². The van der Waals surface area contributed by atoms with Gasteiger partial charge in [-0.25, -0.2) is 4.98 Å². The van der Waals surface area contributed by atoms with Crippen molar-refractivity contribution in [2.24, 2.45) is 5.92 Å². The lowest BCUT2D eigenvalue weighted by Gasteiger charge is -2.31. The van der Waals surface area contributed by atoms with Crippen LogP contribution in [-0.2, 0) is 0 Å². The molecular weight excluding hydrogens is 240 g/mol. The number of piperidine rings is 1.